The van der Waals surface area contributed by atoms with Crippen LogP contribution in [0.5, 0.6) is 0 Å². The summed E-state index contributed by atoms with van der Waals surface area (Å²) in [5.41, 5.74) is 0. The fraction of sp³-hybridized carbons (Fsp3) is 0.765. The van der Waals surface area contributed by atoms with Crippen LogP contribution in [0.15, 0.2) is 24.5 Å². The molecule has 0 aliphatic heterocycles. The smallest absolute Gasteiger partial charge is 0.115 e. The monoisotopic (exact) mass is 429 g/mol. The average molecular weight is 429 g/mol. The Morgan fingerprint density at radius 1 is 1.23 bits per heavy atom. The van der Waals surface area contributed by atoms with Crippen molar-refractivity contribution in [1.82, 2.24) is 0 Å². The summed E-state index contributed by atoms with van der Waals surface area (Å²) < 4.78 is 5.82. The Labute approximate surface area is 154 Å². The van der Waals surface area contributed by atoms with Gasteiger partial charge in [-0.3, -0.25) is 0 Å². The topological polar surface area (TPSA) is 61.0 Å². The molecule has 3 N–H and O–H groups in total. The lowest BCUT2D eigenvalue weighted by atomic mass is 9.98. The number of rotatable bonds is 11. The molecule has 0 spiro atoms. The summed E-state index contributed by atoms with van der Waals surface area (Å²) in [6.07, 6.45) is 9.92. The van der Waals surface area contributed by atoms with Gasteiger partial charge in [-0.25, -0.2) is 0 Å². The van der Waals surface area contributed by atoms with E-state index in [-0.39, 0.29) is 41.6 Å². The summed E-state index contributed by atoms with van der Waals surface area (Å²) in [7, 11) is 8.12. The number of methoxy groups -OCH3 is 1. The molecule has 0 aliphatic carbocycles. The summed E-state index contributed by atoms with van der Waals surface area (Å²) in [5, 5.41) is 10.4. The average Bonchev–Trinajstić information content (AvgIpc) is 2.37. The molecule has 0 aromatic carbocycles. The quantitative estimate of drug-likeness (QED) is 0.161. The molecule has 22 heavy (non-hydrogen) atoms. The van der Waals surface area contributed by atoms with E-state index in [1.165, 1.54) is 19.3 Å². The molecule has 2 unspecified atom stereocenters. The van der Waals surface area contributed by atoms with Crippen LogP contribution < -0.4 is 24.0 Å². The molecular formula is C17H36INO3. The van der Waals surface area contributed by atoms with Gasteiger partial charge in [0.25, 0.3) is 0 Å². The van der Waals surface area contributed by atoms with E-state index in [4.69, 9.17) is 4.74 Å². The van der Waals surface area contributed by atoms with Crippen LogP contribution in [0.25, 0.3) is 0 Å². The molecule has 2 atom stereocenters. The minimum atomic E-state index is -0.293. The largest absolute Gasteiger partial charge is 1.00 e. The zero-order chi connectivity index (χ0) is 15.6. The maximum atomic E-state index is 10.4. The Balaban J connectivity index is -0.00000180. The summed E-state index contributed by atoms with van der Waals surface area (Å²) in [6.45, 7) is 5.99. The molecular weight excluding hydrogens is 393 g/mol. The first-order valence-electron chi connectivity index (χ1n) is 7.68. The minimum Gasteiger partial charge on any atom is -1.00 e. The molecule has 134 valence electrons. The van der Waals surface area contributed by atoms with Crippen LogP contribution in [-0.2, 0) is 4.74 Å². The predicted octanol–water partition coefficient (Wildman–Crippen LogP) is -0.322. The summed E-state index contributed by atoms with van der Waals surface area (Å²) in [4.78, 5) is 0. The van der Waals surface area contributed by atoms with Crippen LogP contribution in [-0.4, -0.2) is 55.5 Å². The van der Waals surface area contributed by atoms with Crippen molar-refractivity contribution in [2.45, 2.75) is 57.6 Å². The normalized spacial score (nSPS) is 13.9. The van der Waals surface area contributed by atoms with Crippen molar-refractivity contribution in [1.29, 1.82) is 0 Å². The molecule has 0 aromatic rings. The van der Waals surface area contributed by atoms with Crippen molar-refractivity contribution in [2.75, 3.05) is 28.3 Å². The maximum absolute atomic E-state index is 10.4. The highest BCUT2D eigenvalue weighted by Gasteiger charge is 2.29. The number of hydrogen-bond donors (Lipinski definition) is 1. The Morgan fingerprint density at radius 2 is 1.82 bits per heavy atom. The van der Waals surface area contributed by atoms with Crippen LogP contribution in [0.4, 0.5) is 0 Å². The van der Waals surface area contributed by atoms with Gasteiger partial charge in [0.1, 0.15) is 12.1 Å². The highest BCUT2D eigenvalue weighted by molar-refractivity contribution is 4.96. The number of unbranched alkanes of at least 4 members (excludes halogenated alkanes) is 2. The second-order valence-electron chi connectivity index (χ2n) is 6.40. The zero-order valence-corrected chi connectivity index (χ0v) is 17.1. The Hall–Kier alpha value is -0.110. The second kappa shape index (κ2) is 14.5. The third-order valence-electron chi connectivity index (χ3n) is 3.72. The molecule has 4 nitrogen and oxygen atoms in total. The van der Waals surface area contributed by atoms with Crippen molar-refractivity contribution in [2.24, 2.45) is 0 Å². The van der Waals surface area contributed by atoms with Crippen molar-refractivity contribution >= 4 is 0 Å². The molecule has 0 radical (unpaired) electrons. The molecule has 0 aliphatic rings. The van der Waals surface area contributed by atoms with Gasteiger partial charge in [-0.15, -0.1) is 0 Å². The first kappa shape index (κ1) is 26.8. The third kappa shape index (κ3) is 12.4. The Bertz CT molecular complexity index is 301. The minimum absolute atomic E-state index is 0. The Kier molecular flexibility index (Phi) is 17.6. The van der Waals surface area contributed by atoms with Crippen molar-refractivity contribution in [3.05, 3.63) is 24.5 Å². The van der Waals surface area contributed by atoms with Crippen LogP contribution in [0, 0.1) is 0 Å². The molecule has 0 saturated heterocycles. The fourth-order valence-electron chi connectivity index (χ4n) is 2.39. The number of hydrogen-bond acceptors (Lipinski definition) is 2. The van der Waals surface area contributed by atoms with E-state index in [2.05, 4.69) is 34.6 Å². The van der Waals surface area contributed by atoms with Crippen LogP contribution in [0.2, 0.25) is 0 Å². The zero-order valence-electron chi connectivity index (χ0n) is 14.9. The number of aliphatic hydroxyl groups is 1. The molecule has 0 fully saturated rings. The first-order valence-corrected chi connectivity index (χ1v) is 7.68. The molecule has 0 rings (SSSR count). The van der Waals surface area contributed by atoms with E-state index < -0.39 is 0 Å². The van der Waals surface area contributed by atoms with Gasteiger partial charge < -0.3 is 43.8 Å². The van der Waals surface area contributed by atoms with Crippen LogP contribution >= 0.6 is 0 Å². The highest BCUT2D eigenvalue weighted by Crippen LogP contribution is 2.19. The number of halogens is 1. The van der Waals surface area contributed by atoms with E-state index in [1.807, 2.05) is 12.2 Å². The van der Waals surface area contributed by atoms with Gasteiger partial charge in [0.05, 0.1) is 34.0 Å². The molecule has 0 heterocycles. The van der Waals surface area contributed by atoms with E-state index in [9.17, 15) is 5.11 Å². The Morgan fingerprint density at radius 3 is 2.27 bits per heavy atom. The highest BCUT2D eigenvalue weighted by atomic mass is 127. The number of likely N-dealkylation sites (N-methyl/N-ethyl adjacent to an activating group) is 1. The van der Waals surface area contributed by atoms with Crippen molar-refractivity contribution in [3.63, 3.8) is 0 Å². The van der Waals surface area contributed by atoms with E-state index >= 15 is 0 Å². The van der Waals surface area contributed by atoms with Gasteiger partial charge in [0, 0.05) is 12.8 Å². The van der Waals surface area contributed by atoms with Gasteiger partial charge in [0.15, 0.2) is 0 Å². The van der Waals surface area contributed by atoms with Gasteiger partial charge >= 0.3 is 0 Å². The van der Waals surface area contributed by atoms with Crippen molar-refractivity contribution < 1.29 is 43.8 Å². The summed E-state index contributed by atoms with van der Waals surface area (Å²) in [5.74, 6) is 0.752. The van der Waals surface area contributed by atoms with E-state index in [1.54, 1.807) is 7.11 Å². The lowest BCUT2D eigenvalue weighted by Crippen LogP contribution is -3.00. The van der Waals surface area contributed by atoms with Crippen LogP contribution in [0.3, 0.4) is 0 Å². The maximum Gasteiger partial charge on any atom is 0.115 e. The molecule has 0 saturated carbocycles. The van der Waals surface area contributed by atoms with Crippen LogP contribution in [0.1, 0.15) is 45.4 Å². The van der Waals surface area contributed by atoms with Gasteiger partial charge in [-0.05, 0) is 12.8 Å². The lowest BCUT2D eigenvalue weighted by molar-refractivity contribution is -0.900. The van der Waals surface area contributed by atoms with Gasteiger partial charge in [-0.2, -0.15) is 0 Å². The van der Waals surface area contributed by atoms with Gasteiger partial charge in [-0.1, -0.05) is 38.5 Å². The summed E-state index contributed by atoms with van der Waals surface area (Å²) >= 11 is 0. The second-order valence-corrected chi connectivity index (χ2v) is 6.40. The number of quaternary nitrogens is 1. The molecule has 0 bridgehead atoms. The molecule has 0 aromatic heterocycles. The number of allylic oxidation sites excluding steroid dienone is 1. The first-order chi connectivity index (χ1) is 9.32. The van der Waals surface area contributed by atoms with Gasteiger partial charge in [0.2, 0.25) is 0 Å². The predicted molar refractivity (Wildman–Crippen MR) is 90.1 cm³/mol. The standard InChI is InChI=1S/C17H34NO2.HI.H2O/c1-7-8-9-13-16(18(3,4)5)17(19)14-11-10-12-15(2)20-6;;/h10-11,16-17,19H,2,7-9,12-14H2,1,3-6H3;1H;1H2/q+1;;/p-1/b11-10+;;. The fourth-order valence-corrected chi connectivity index (χ4v) is 2.39. The lowest BCUT2D eigenvalue weighted by Gasteiger charge is -2.37. The van der Waals surface area contributed by atoms with Crippen molar-refractivity contribution in [3.8, 4) is 0 Å². The SMILES string of the molecule is C=C(C/C=C/CC(O)C(CCCCC)[N+](C)(C)C)OC.O.[I-]. The number of nitrogens with zero attached hydrogens (tertiary/aromatic N) is 1. The molecule has 5 heteroatoms. The number of aliphatic hydroxyl groups excluding tert-OH is 1. The molecule has 0 amide bonds. The number of ether oxygens (including phenoxy) is 1. The summed E-state index contributed by atoms with van der Waals surface area (Å²) in [6, 6.07) is 0.289. The van der Waals surface area contributed by atoms with E-state index in [0.717, 1.165) is 16.7 Å². The third-order valence-corrected chi connectivity index (χ3v) is 3.72. The van der Waals surface area contributed by atoms with E-state index in [0.29, 0.717) is 12.8 Å².